The Morgan fingerprint density at radius 3 is 2.71 bits per heavy atom. The van der Waals surface area contributed by atoms with E-state index >= 15 is 0 Å². The van der Waals surface area contributed by atoms with Crippen molar-refractivity contribution in [2.24, 2.45) is 0 Å². The van der Waals surface area contributed by atoms with Crippen LogP contribution in [-0.2, 0) is 4.74 Å². The summed E-state index contributed by atoms with van der Waals surface area (Å²) in [5.74, 6) is 0.707. The average Bonchev–Trinajstić information content (AvgIpc) is 2.60. The molecule has 7 nitrogen and oxygen atoms in total. The van der Waals surface area contributed by atoms with Crippen molar-refractivity contribution in [2.45, 2.75) is 13.0 Å². The lowest BCUT2D eigenvalue weighted by molar-refractivity contribution is 0.0111. The predicted octanol–water partition coefficient (Wildman–Crippen LogP) is 0.303. The zero-order valence-electron chi connectivity index (χ0n) is 14.8. The molecule has 1 aliphatic rings. The first-order valence-electron chi connectivity index (χ1n) is 8.42. The largest absolute Gasteiger partial charge is 0.389 e. The van der Waals surface area contributed by atoms with E-state index in [0.717, 1.165) is 13.1 Å². The van der Waals surface area contributed by atoms with E-state index in [-0.39, 0.29) is 5.91 Å². The molecule has 0 aliphatic carbocycles. The van der Waals surface area contributed by atoms with Crippen LogP contribution >= 0.6 is 0 Å². The van der Waals surface area contributed by atoms with Gasteiger partial charge in [0.1, 0.15) is 5.82 Å². The number of ether oxygens (including phenoxy) is 1. The Hall–Kier alpha value is -1.70. The molecule has 2 rings (SSSR count). The number of aliphatic hydroxyl groups is 1. The van der Waals surface area contributed by atoms with Gasteiger partial charge in [-0.2, -0.15) is 0 Å². The average molecular weight is 336 g/mol. The van der Waals surface area contributed by atoms with Crippen molar-refractivity contribution in [2.75, 3.05) is 64.9 Å². The van der Waals surface area contributed by atoms with E-state index in [1.54, 1.807) is 12.3 Å². The van der Waals surface area contributed by atoms with Crippen LogP contribution in [0.15, 0.2) is 18.3 Å². The highest BCUT2D eigenvalue weighted by Gasteiger charge is 2.25. The SMILES string of the molecule is CCOC[C@H](O)CN1CCN(C(=O)c2cccnc2N(C)C)CC1. The fourth-order valence-electron chi connectivity index (χ4n) is 2.83. The molecule has 0 saturated carbocycles. The number of hydrogen-bond acceptors (Lipinski definition) is 6. The first-order chi connectivity index (χ1) is 11.5. The summed E-state index contributed by atoms with van der Waals surface area (Å²) < 4.78 is 5.24. The summed E-state index contributed by atoms with van der Waals surface area (Å²) in [6, 6.07) is 3.61. The summed E-state index contributed by atoms with van der Waals surface area (Å²) in [6.07, 6.45) is 1.22. The number of nitrogens with zero attached hydrogens (tertiary/aromatic N) is 4. The van der Waals surface area contributed by atoms with Crippen molar-refractivity contribution in [3.05, 3.63) is 23.9 Å². The molecule has 0 radical (unpaired) electrons. The standard InChI is InChI=1S/C17H28N4O3/c1-4-24-13-14(22)12-20-8-10-21(11-9-20)17(23)15-6-5-7-18-16(15)19(2)3/h5-7,14,22H,4,8-13H2,1-3H3/t14-/m1/s1. The maximum absolute atomic E-state index is 12.8. The third-order valence-electron chi connectivity index (χ3n) is 4.08. The maximum Gasteiger partial charge on any atom is 0.257 e. The van der Waals surface area contributed by atoms with E-state index in [4.69, 9.17) is 4.74 Å². The van der Waals surface area contributed by atoms with Gasteiger partial charge in [0.15, 0.2) is 0 Å². The lowest BCUT2D eigenvalue weighted by atomic mass is 10.2. The Morgan fingerprint density at radius 1 is 1.38 bits per heavy atom. The minimum atomic E-state index is -0.481. The second kappa shape index (κ2) is 8.96. The van der Waals surface area contributed by atoms with Gasteiger partial charge in [0.25, 0.3) is 5.91 Å². The Bertz CT molecular complexity index is 530. The number of anilines is 1. The summed E-state index contributed by atoms with van der Waals surface area (Å²) in [5, 5.41) is 9.92. The monoisotopic (exact) mass is 336 g/mol. The summed E-state index contributed by atoms with van der Waals surface area (Å²) in [6.45, 7) is 6.29. The van der Waals surface area contributed by atoms with E-state index in [0.29, 0.717) is 44.2 Å². The van der Waals surface area contributed by atoms with Crippen LogP contribution in [0.3, 0.4) is 0 Å². The summed E-state index contributed by atoms with van der Waals surface area (Å²) in [5.41, 5.74) is 0.632. The number of piperazine rings is 1. The molecule has 1 aliphatic heterocycles. The lowest BCUT2D eigenvalue weighted by Crippen LogP contribution is -2.51. The normalized spacial score (nSPS) is 16.9. The number of β-amino-alcohol motifs (C(OH)–C–C–N with tert-alkyl or cyclic N) is 1. The molecule has 134 valence electrons. The quantitative estimate of drug-likeness (QED) is 0.773. The van der Waals surface area contributed by atoms with E-state index in [1.807, 2.05) is 36.9 Å². The van der Waals surface area contributed by atoms with Crippen LogP contribution in [0.5, 0.6) is 0 Å². The van der Waals surface area contributed by atoms with Gasteiger partial charge in [0.05, 0.1) is 18.3 Å². The molecule has 1 fully saturated rings. The second-order valence-corrected chi connectivity index (χ2v) is 6.18. The van der Waals surface area contributed by atoms with E-state index in [9.17, 15) is 9.90 Å². The predicted molar refractivity (Wildman–Crippen MR) is 93.4 cm³/mol. The molecule has 24 heavy (non-hydrogen) atoms. The number of pyridine rings is 1. The van der Waals surface area contributed by atoms with Crippen LogP contribution in [-0.4, -0.2) is 91.9 Å². The smallest absolute Gasteiger partial charge is 0.257 e. The van der Waals surface area contributed by atoms with E-state index < -0.39 is 6.10 Å². The summed E-state index contributed by atoms with van der Waals surface area (Å²) in [4.78, 5) is 22.9. The van der Waals surface area contributed by atoms with Crippen LogP contribution in [0.2, 0.25) is 0 Å². The van der Waals surface area contributed by atoms with Crippen molar-refractivity contribution < 1.29 is 14.6 Å². The molecule has 0 bridgehead atoms. The summed E-state index contributed by atoms with van der Waals surface area (Å²) in [7, 11) is 3.77. The fraction of sp³-hybridized carbons (Fsp3) is 0.647. The fourth-order valence-corrected chi connectivity index (χ4v) is 2.83. The van der Waals surface area contributed by atoms with Crippen LogP contribution in [0.1, 0.15) is 17.3 Å². The first kappa shape index (κ1) is 18.6. The number of amides is 1. The number of rotatable bonds is 7. The molecular formula is C17H28N4O3. The molecule has 1 saturated heterocycles. The Balaban J connectivity index is 1.89. The van der Waals surface area contributed by atoms with Crippen LogP contribution in [0, 0.1) is 0 Å². The van der Waals surface area contributed by atoms with Gasteiger partial charge in [-0.1, -0.05) is 0 Å². The van der Waals surface area contributed by atoms with E-state index in [1.165, 1.54) is 0 Å². The van der Waals surface area contributed by atoms with Crippen molar-refractivity contribution in [3.8, 4) is 0 Å². The molecule has 0 unspecified atom stereocenters. The van der Waals surface area contributed by atoms with Gasteiger partial charge in [-0.3, -0.25) is 9.69 Å². The minimum Gasteiger partial charge on any atom is -0.389 e. The lowest BCUT2D eigenvalue weighted by Gasteiger charge is -2.36. The Morgan fingerprint density at radius 2 is 2.08 bits per heavy atom. The van der Waals surface area contributed by atoms with E-state index in [2.05, 4.69) is 9.88 Å². The highest BCUT2D eigenvalue weighted by molar-refractivity contribution is 5.98. The molecule has 1 atom stereocenters. The summed E-state index contributed by atoms with van der Waals surface area (Å²) >= 11 is 0. The number of carbonyl (C=O) groups is 1. The molecule has 1 aromatic rings. The van der Waals surface area contributed by atoms with Crippen molar-refractivity contribution in [3.63, 3.8) is 0 Å². The van der Waals surface area contributed by atoms with Gasteiger partial charge in [-0.25, -0.2) is 4.98 Å². The number of carbonyl (C=O) groups excluding carboxylic acids is 1. The molecule has 1 N–H and O–H groups in total. The molecule has 7 heteroatoms. The maximum atomic E-state index is 12.8. The van der Waals surface area contributed by atoms with Crippen molar-refractivity contribution in [1.29, 1.82) is 0 Å². The van der Waals surface area contributed by atoms with Crippen molar-refractivity contribution >= 4 is 11.7 Å². The zero-order valence-corrected chi connectivity index (χ0v) is 14.8. The van der Waals surface area contributed by atoms with Gasteiger partial charge < -0.3 is 19.6 Å². The topological polar surface area (TPSA) is 69.1 Å². The number of aromatic nitrogens is 1. The molecular weight excluding hydrogens is 308 g/mol. The third-order valence-corrected chi connectivity index (χ3v) is 4.08. The molecule has 0 spiro atoms. The zero-order chi connectivity index (χ0) is 17.5. The van der Waals surface area contributed by atoms with Gasteiger partial charge in [-0.15, -0.1) is 0 Å². The molecule has 0 aromatic carbocycles. The highest BCUT2D eigenvalue weighted by Crippen LogP contribution is 2.18. The Kier molecular flexibility index (Phi) is 6.96. The minimum absolute atomic E-state index is 0.0151. The number of aliphatic hydroxyl groups excluding tert-OH is 1. The van der Waals surface area contributed by atoms with Crippen LogP contribution < -0.4 is 4.90 Å². The highest BCUT2D eigenvalue weighted by atomic mass is 16.5. The van der Waals surface area contributed by atoms with Gasteiger partial charge >= 0.3 is 0 Å². The first-order valence-corrected chi connectivity index (χ1v) is 8.42. The second-order valence-electron chi connectivity index (χ2n) is 6.18. The van der Waals surface area contributed by atoms with Crippen molar-refractivity contribution in [1.82, 2.24) is 14.8 Å². The molecule has 2 heterocycles. The van der Waals surface area contributed by atoms with Crippen LogP contribution in [0.25, 0.3) is 0 Å². The van der Waals surface area contributed by atoms with Gasteiger partial charge in [0.2, 0.25) is 0 Å². The number of hydrogen-bond donors (Lipinski definition) is 1. The molecule has 1 aromatic heterocycles. The third kappa shape index (κ3) is 4.90. The van der Waals surface area contributed by atoms with Crippen LogP contribution in [0.4, 0.5) is 5.82 Å². The Labute approximate surface area is 143 Å². The molecule has 1 amide bonds. The van der Waals surface area contributed by atoms with Gasteiger partial charge in [0, 0.05) is 59.6 Å². The van der Waals surface area contributed by atoms with Gasteiger partial charge in [-0.05, 0) is 19.1 Å².